The van der Waals surface area contributed by atoms with Crippen LogP contribution in [0.1, 0.15) is 51.2 Å². The van der Waals surface area contributed by atoms with Crippen molar-refractivity contribution in [1.82, 2.24) is 9.88 Å². The van der Waals surface area contributed by atoms with Crippen LogP contribution in [-0.4, -0.2) is 34.1 Å². The topological polar surface area (TPSA) is 62.7 Å². The first-order valence-electron chi connectivity index (χ1n) is 10.3. The summed E-state index contributed by atoms with van der Waals surface area (Å²) in [5, 5.41) is 9.39. The Hall–Kier alpha value is -2.70. The molecule has 0 radical (unpaired) electrons. The maximum absolute atomic E-state index is 11.4. The molecule has 0 unspecified atom stereocenters. The molecule has 2 bridgehead atoms. The first-order valence-corrected chi connectivity index (χ1v) is 11.2. The number of benzene rings is 2. The van der Waals surface area contributed by atoms with Crippen LogP contribution >= 0.6 is 11.3 Å². The van der Waals surface area contributed by atoms with E-state index in [2.05, 4.69) is 34.1 Å². The molecule has 6 heteroatoms. The second-order valence-corrected chi connectivity index (χ2v) is 8.68. The molecule has 2 heterocycles. The normalized spacial score (nSPS) is 15.6. The average molecular weight is 423 g/mol. The van der Waals surface area contributed by atoms with Crippen molar-refractivity contribution in [2.45, 2.75) is 38.8 Å². The Morgan fingerprint density at radius 3 is 2.87 bits per heavy atom. The summed E-state index contributed by atoms with van der Waals surface area (Å²) in [6.45, 7) is 3.50. The summed E-state index contributed by atoms with van der Waals surface area (Å²) in [7, 11) is 0. The number of aromatic carboxylic acids is 1. The van der Waals surface area contributed by atoms with Crippen molar-refractivity contribution < 1.29 is 14.6 Å². The number of aromatic nitrogens is 1. The summed E-state index contributed by atoms with van der Waals surface area (Å²) in [5.41, 5.74) is 5.54. The van der Waals surface area contributed by atoms with Gasteiger partial charge in [-0.1, -0.05) is 24.3 Å². The van der Waals surface area contributed by atoms with Crippen molar-refractivity contribution in [3.05, 3.63) is 81.3 Å². The van der Waals surface area contributed by atoms with Crippen LogP contribution in [0, 0.1) is 0 Å². The molecule has 0 saturated carbocycles. The molecule has 1 aliphatic rings. The molecule has 0 fully saturated rings. The Morgan fingerprint density at radius 2 is 2.03 bits per heavy atom. The lowest BCUT2D eigenvalue weighted by Gasteiger charge is -2.22. The molecule has 0 amide bonds. The largest absolute Gasteiger partial charge is 0.493 e. The second-order valence-electron chi connectivity index (χ2n) is 7.71. The molecular formula is C24H26N2O3S. The fraction of sp³-hybridized carbons (Fsp3) is 0.333. The lowest BCUT2D eigenvalue weighted by Crippen LogP contribution is -2.24. The van der Waals surface area contributed by atoms with Gasteiger partial charge in [0.1, 0.15) is 5.75 Å². The van der Waals surface area contributed by atoms with Crippen molar-refractivity contribution in [2.24, 2.45) is 0 Å². The zero-order valence-corrected chi connectivity index (χ0v) is 17.7. The third-order valence-electron chi connectivity index (χ3n) is 5.34. The molecule has 5 nitrogen and oxygen atoms in total. The van der Waals surface area contributed by atoms with Gasteiger partial charge in [-0.15, -0.1) is 11.3 Å². The fourth-order valence-electron chi connectivity index (χ4n) is 3.86. The van der Waals surface area contributed by atoms with Gasteiger partial charge in [0.05, 0.1) is 17.7 Å². The Morgan fingerprint density at radius 1 is 1.13 bits per heavy atom. The third-order valence-corrected chi connectivity index (χ3v) is 6.10. The van der Waals surface area contributed by atoms with Gasteiger partial charge in [-0.25, -0.2) is 4.79 Å². The van der Waals surface area contributed by atoms with Gasteiger partial charge in [-0.05, 0) is 60.7 Å². The van der Waals surface area contributed by atoms with Gasteiger partial charge in [0, 0.05) is 30.6 Å². The molecule has 3 aromatic rings. The minimum Gasteiger partial charge on any atom is -0.493 e. The Labute approximate surface area is 181 Å². The van der Waals surface area contributed by atoms with Gasteiger partial charge >= 0.3 is 5.97 Å². The first-order chi connectivity index (χ1) is 14.7. The van der Waals surface area contributed by atoms with Crippen LogP contribution in [0.15, 0.2) is 54.2 Å². The number of ether oxygens (including phenoxy) is 1. The van der Waals surface area contributed by atoms with Crippen molar-refractivity contribution >= 4 is 17.3 Å². The number of hydrogen-bond donors (Lipinski definition) is 1. The molecule has 2 aromatic carbocycles. The van der Waals surface area contributed by atoms with E-state index >= 15 is 0 Å². The zero-order chi connectivity index (χ0) is 20.8. The number of thiazole rings is 1. The highest BCUT2D eigenvalue weighted by Gasteiger charge is 2.13. The monoisotopic (exact) mass is 422 g/mol. The first kappa shape index (κ1) is 20.6. The molecule has 0 saturated heterocycles. The summed E-state index contributed by atoms with van der Waals surface area (Å²) in [5.74, 6) is -0.126. The standard InChI is InChI=1S/C24H26N2O3S/c27-24(28)20-7-8-23-21(13-20)12-18-5-4-6-19(11-18)15-26(9-2-1-3-10-29-23)16-22-14-25-17-30-22/h4-8,11,13-14,17H,1-3,9-10,12,15-16H2,(H,27,28). The van der Waals surface area contributed by atoms with Crippen LogP contribution in [0.25, 0.3) is 0 Å². The van der Waals surface area contributed by atoms with Crippen molar-refractivity contribution in [1.29, 1.82) is 0 Å². The smallest absolute Gasteiger partial charge is 0.335 e. The average Bonchev–Trinajstić information content (AvgIpc) is 3.24. The zero-order valence-electron chi connectivity index (χ0n) is 16.9. The van der Waals surface area contributed by atoms with E-state index in [4.69, 9.17) is 4.74 Å². The molecule has 4 rings (SSSR count). The fourth-order valence-corrected chi connectivity index (χ4v) is 4.49. The lowest BCUT2D eigenvalue weighted by atomic mass is 9.99. The summed E-state index contributed by atoms with van der Waals surface area (Å²) < 4.78 is 6.04. The van der Waals surface area contributed by atoms with Crippen LogP contribution in [-0.2, 0) is 19.5 Å². The molecule has 1 aromatic heterocycles. The number of nitrogens with zero attached hydrogens (tertiary/aromatic N) is 2. The Balaban J connectivity index is 1.60. The number of carboxylic acids is 1. The van der Waals surface area contributed by atoms with E-state index in [0.29, 0.717) is 18.6 Å². The summed E-state index contributed by atoms with van der Waals surface area (Å²) >= 11 is 1.70. The van der Waals surface area contributed by atoms with Crippen molar-refractivity contribution in [3.8, 4) is 5.75 Å². The molecule has 156 valence electrons. The van der Waals surface area contributed by atoms with Gasteiger partial charge in [-0.3, -0.25) is 9.88 Å². The van der Waals surface area contributed by atoms with E-state index in [9.17, 15) is 9.90 Å². The Bertz CT molecular complexity index is 988. The summed E-state index contributed by atoms with van der Waals surface area (Å²) in [6.07, 6.45) is 5.81. The quantitative estimate of drug-likeness (QED) is 0.644. The third kappa shape index (κ3) is 5.46. The van der Waals surface area contributed by atoms with E-state index in [1.165, 1.54) is 10.4 Å². The van der Waals surface area contributed by atoms with E-state index in [1.807, 2.05) is 11.7 Å². The molecule has 1 aliphatic heterocycles. The minimum atomic E-state index is -0.912. The van der Waals surface area contributed by atoms with E-state index in [-0.39, 0.29) is 0 Å². The van der Waals surface area contributed by atoms with E-state index < -0.39 is 5.97 Å². The van der Waals surface area contributed by atoms with Crippen LogP contribution in [0.5, 0.6) is 5.75 Å². The highest BCUT2D eigenvalue weighted by molar-refractivity contribution is 7.09. The van der Waals surface area contributed by atoms with Crippen LogP contribution < -0.4 is 4.74 Å². The number of fused-ring (bicyclic) bond motifs is 3. The van der Waals surface area contributed by atoms with Crippen LogP contribution in [0.4, 0.5) is 0 Å². The molecule has 0 spiro atoms. The van der Waals surface area contributed by atoms with Gasteiger partial charge in [0.25, 0.3) is 0 Å². The molecule has 0 aliphatic carbocycles. The van der Waals surface area contributed by atoms with Crippen molar-refractivity contribution in [2.75, 3.05) is 13.2 Å². The Kier molecular flexibility index (Phi) is 6.77. The van der Waals surface area contributed by atoms with Gasteiger partial charge < -0.3 is 9.84 Å². The highest BCUT2D eigenvalue weighted by atomic mass is 32.1. The van der Waals surface area contributed by atoms with E-state index in [0.717, 1.165) is 55.8 Å². The summed E-state index contributed by atoms with van der Waals surface area (Å²) in [6, 6.07) is 13.7. The maximum Gasteiger partial charge on any atom is 0.335 e. The van der Waals surface area contributed by atoms with Crippen molar-refractivity contribution in [3.63, 3.8) is 0 Å². The molecular weight excluding hydrogens is 396 g/mol. The number of carboxylic acid groups (broad SMARTS) is 1. The minimum absolute atomic E-state index is 0.297. The predicted octanol–water partition coefficient (Wildman–Crippen LogP) is 5.00. The lowest BCUT2D eigenvalue weighted by molar-refractivity contribution is 0.0696. The van der Waals surface area contributed by atoms with E-state index in [1.54, 1.807) is 29.5 Å². The van der Waals surface area contributed by atoms with Gasteiger partial charge in [-0.2, -0.15) is 0 Å². The number of hydrogen-bond acceptors (Lipinski definition) is 5. The molecule has 1 N–H and O–H groups in total. The predicted molar refractivity (Wildman–Crippen MR) is 118 cm³/mol. The highest BCUT2D eigenvalue weighted by Crippen LogP contribution is 2.25. The van der Waals surface area contributed by atoms with Gasteiger partial charge in [0.15, 0.2) is 0 Å². The molecule has 0 atom stereocenters. The van der Waals surface area contributed by atoms with Crippen LogP contribution in [0.3, 0.4) is 0 Å². The second kappa shape index (κ2) is 9.87. The summed E-state index contributed by atoms with van der Waals surface area (Å²) in [4.78, 5) is 19.4. The maximum atomic E-state index is 11.4. The number of carbonyl (C=O) groups is 1. The van der Waals surface area contributed by atoms with Gasteiger partial charge in [0.2, 0.25) is 0 Å². The SMILES string of the molecule is O=C(O)c1ccc2c(c1)Cc1cccc(c1)CN(Cc1cncs1)CCCCCO2. The van der Waals surface area contributed by atoms with Crippen LogP contribution in [0.2, 0.25) is 0 Å². The molecule has 30 heavy (non-hydrogen) atoms. The number of rotatable bonds is 3.